The molecule has 0 heterocycles. The largest absolute Gasteiger partial charge is 0.350 e. The molecule has 1 aliphatic rings. The maximum Gasteiger partial charge on any atom is 0.240 e. The highest BCUT2D eigenvalue weighted by molar-refractivity contribution is 5.86. The maximum atomic E-state index is 11.7. The van der Waals surface area contributed by atoms with E-state index in [0.29, 0.717) is 6.54 Å². The van der Waals surface area contributed by atoms with Crippen LogP contribution in [-0.4, -0.2) is 11.4 Å². The standard InChI is InChI=1S/C12H16N2O/c13-12(7-4-8-12)11(15)14-9-10-5-2-1-3-6-10/h1-3,5-6H,4,7-9,13H2,(H,14,15). The van der Waals surface area contributed by atoms with Crippen molar-refractivity contribution in [3.63, 3.8) is 0 Å². The van der Waals surface area contributed by atoms with Crippen LogP contribution >= 0.6 is 0 Å². The minimum Gasteiger partial charge on any atom is -0.350 e. The molecule has 0 spiro atoms. The molecule has 1 aromatic rings. The predicted molar refractivity (Wildman–Crippen MR) is 59.1 cm³/mol. The number of nitrogens with one attached hydrogen (secondary N) is 1. The Morgan fingerprint density at radius 1 is 1.33 bits per heavy atom. The fraction of sp³-hybridized carbons (Fsp3) is 0.417. The van der Waals surface area contributed by atoms with Crippen LogP contribution in [0.25, 0.3) is 0 Å². The maximum absolute atomic E-state index is 11.7. The average Bonchev–Trinajstić information content (AvgIpc) is 2.24. The zero-order valence-corrected chi connectivity index (χ0v) is 8.70. The van der Waals surface area contributed by atoms with E-state index in [1.54, 1.807) is 0 Å². The summed E-state index contributed by atoms with van der Waals surface area (Å²) in [5.74, 6) is -0.0161. The Balaban J connectivity index is 1.86. The van der Waals surface area contributed by atoms with Gasteiger partial charge in [0, 0.05) is 6.54 Å². The summed E-state index contributed by atoms with van der Waals surface area (Å²) in [5, 5.41) is 2.88. The van der Waals surface area contributed by atoms with E-state index in [0.717, 1.165) is 24.8 Å². The van der Waals surface area contributed by atoms with Crippen molar-refractivity contribution in [3.05, 3.63) is 35.9 Å². The van der Waals surface area contributed by atoms with Crippen LogP contribution in [0.1, 0.15) is 24.8 Å². The lowest BCUT2D eigenvalue weighted by atomic mass is 9.77. The van der Waals surface area contributed by atoms with E-state index in [4.69, 9.17) is 5.73 Å². The van der Waals surface area contributed by atoms with E-state index in [9.17, 15) is 4.79 Å². The first-order valence-corrected chi connectivity index (χ1v) is 5.32. The molecule has 0 bridgehead atoms. The average molecular weight is 204 g/mol. The molecule has 0 unspecified atom stereocenters. The van der Waals surface area contributed by atoms with Gasteiger partial charge >= 0.3 is 0 Å². The molecule has 0 atom stereocenters. The van der Waals surface area contributed by atoms with Crippen molar-refractivity contribution in [1.29, 1.82) is 0 Å². The fourth-order valence-electron chi connectivity index (χ4n) is 1.74. The Hall–Kier alpha value is -1.35. The molecule has 1 amide bonds. The Kier molecular flexibility index (Phi) is 2.73. The quantitative estimate of drug-likeness (QED) is 0.777. The number of carbonyl (C=O) groups excluding carboxylic acids is 1. The highest BCUT2D eigenvalue weighted by Gasteiger charge is 2.39. The molecular weight excluding hydrogens is 188 g/mol. The van der Waals surface area contributed by atoms with E-state index in [1.807, 2.05) is 30.3 Å². The molecular formula is C12H16N2O. The number of benzene rings is 1. The van der Waals surface area contributed by atoms with Crippen molar-refractivity contribution in [1.82, 2.24) is 5.32 Å². The zero-order chi connectivity index (χ0) is 10.7. The van der Waals surface area contributed by atoms with E-state index < -0.39 is 5.54 Å². The van der Waals surface area contributed by atoms with Crippen molar-refractivity contribution in [2.45, 2.75) is 31.3 Å². The summed E-state index contributed by atoms with van der Waals surface area (Å²) in [5.41, 5.74) is 6.42. The van der Waals surface area contributed by atoms with Crippen molar-refractivity contribution in [2.75, 3.05) is 0 Å². The Labute approximate surface area is 89.7 Å². The van der Waals surface area contributed by atoms with Gasteiger partial charge in [-0.15, -0.1) is 0 Å². The first-order chi connectivity index (χ1) is 7.21. The molecule has 1 fully saturated rings. The lowest BCUT2D eigenvalue weighted by Crippen LogP contribution is -2.58. The van der Waals surface area contributed by atoms with Gasteiger partial charge in [-0.3, -0.25) is 4.79 Å². The van der Waals surface area contributed by atoms with Crippen molar-refractivity contribution >= 4 is 5.91 Å². The van der Waals surface area contributed by atoms with Crippen molar-refractivity contribution in [2.24, 2.45) is 5.73 Å². The SMILES string of the molecule is NC1(C(=O)NCc2ccccc2)CCC1. The molecule has 3 nitrogen and oxygen atoms in total. The number of nitrogens with two attached hydrogens (primary N) is 1. The van der Waals surface area contributed by atoms with E-state index >= 15 is 0 Å². The summed E-state index contributed by atoms with van der Waals surface area (Å²) < 4.78 is 0. The Morgan fingerprint density at radius 3 is 2.53 bits per heavy atom. The summed E-state index contributed by atoms with van der Waals surface area (Å²) in [6.07, 6.45) is 2.69. The van der Waals surface area contributed by atoms with Crippen LogP contribution in [0.4, 0.5) is 0 Å². The van der Waals surface area contributed by atoms with Gasteiger partial charge in [-0.2, -0.15) is 0 Å². The van der Waals surface area contributed by atoms with Crippen LogP contribution in [0.15, 0.2) is 30.3 Å². The van der Waals surface area contributed by atoms with E-state index in [2.05, 4.69) is 5.32 Å². The number of hydrogen-bond donors (Lipinski definition) is 2. The summed E-state index contributed by atoms with van der Waals surface area (Å²) in [6.45, 7) is 0.568. The van der Waals surface area contributed by atoms with Gasteiger partial charge in [0.2, 0.25) is 5.91 Å². The van der Waals surface area contributed by atoms with Gasteiger partial charge in [-0.05, 0) is 24.8 Å². The molecule has 15 heavy (non-hydrogen) atoms. The third-order valence-electron chi connectivity index (χ3n) is 2.99. The second-order valence-corrected chi connectivity index (χ2v) is 4.18. The molecule has 0 aliphatic heterocycles. The normalized spacial score (nSPS) is 17.9. The Morgan fingerprint density at radius 2 is 2.00 bits per heavy atom. The second kappa shape index (κ2) is 4.03. The first-order valence-electron chi connectivity index (χ1n) is 5.32. The van der Waals surface area contributed by atoms with Crippen LogP contribution in [0, 0.1) is 0 Å². The minimum atomic E-state index is -0.589. The van der Waals surface area contributed by atoms with Crippen LogP contribution < -0.4 is 11.1 Å². The lowest BCUT2D eigenvalue weighted by molar-refractivity contribution is -0.129. The van der Waals surface area contributed by atoms with Crippen LogP contribution in [0.2, 0.25) is 0 Å². The topological polar surface area (TPSA) is 55.1 Å². The van der Waals surface area contributed by atoms with Gasteiger partial charge in [-0.1, -0.05) is 30.3 Å². The monoisotopic (exact) mass is 204 g/mol. The summed E-state index contributed by atoms with van der Waals surface area (Å²) in [6, 6.07) is 9.86. The fourth-order valence-corrected chi connectivity index (χ4v) is 1.74. The molecule has 3 heteroatoms. The number of hydrogen-bond acceptors (Lipinski definition) is 2. The summed E-state index contributed by atoms with van der Waals surface area (Å²) in [7, 11) is 0. The van der Waals surface area contributed by atoms with Gasteiger partial charge in [0.15, 0.2) is 0 Å². The van der Waals surface area contributed by atoms with Crippen molar-refractivity contribution in [3.8, 4) is 0 Å². The predicted octanol–water partition coefficient (Wildman–Crippen LogP) is 1.18. The van der Waals surface area contributed by atoms with Gasteiger partial charge in [-0.25, -0.2) is 0 Å². The van der Waals surface area contributed by atoms with Crippen LogP contribution in [-0.2, 0) is 11.3 Å². The molecule has 1 aliphatic carbocycles. The molecule has 0 aromatic heterocycles. The Bertz CT molecular complexity index is 344. The smallest absolute Gasteiger partial charge is 0.240 e. The molecule has 0 saturated heterocycles. The molecule has 1 aromatic carbocycles. The summed E-state index contributed by atoms with van der Waals surface area (Å²) >= 11 is 0. The third kappa shape index (κ3) is 2.18. The molecule has 80 valence electrons. The highest BCUT2D eigenvalue weighted by atomic mass is 16.2. The zero-order valence-electron chi connectivity index (χ0n) is 8.70. The van der Waals surface area contributed by atoms with Gasteiger partial charge < -0.3 is 11.1 Å². The lowest BCUT2D eigenvalue weighted by Gasteiger charge is -2.36. The molecule has 3 N–H and O–H groups in total. The minimum absolute atomic E-state index is 0.0161. The van der Waals surface area contributed by atoms with Gasteiger partial charge in [0.05, 0.1) is 5.54 Å². The molecule has 0 radical (unpaired) electrons. The third-order valence-corrected chi connectivity index (χ3v) is 2.99. The van der Waals surface area contributed by atoms with Gasteiger partial charge in [0.1, 0.15) is 0 Å². The van der Waals surface area contributed by atoms with Gasteiger partial charge in [0.25, 0.3) is 0 Å². The second-order valence-electron chi connectivity index (χ2n) is 4.18. The first kappa shape index (κ1) is 10.2. The number of amides is 1. The highest BCUT2D eigenvalue weighted by Crippen LogP contribution is 2.29. The molecule has 2 rings (SSSR count). The number of carbonyl (C=O) groups is 1. The number of rotatable bonds is 3. The van der Waals surface area contributed by atoms with Crippen LogP contribution in [0.3, 0.4) is 0 Å². The molecule has 1 saturated carbocycles. The van der Waals surface area contributed by atoms with Crippen molar-refractivity contribution < 1.29 is 4.79 Å². The summed E-state index contributed by atoms with van der Waals surface area (Å²) in [4.78, 5) is 11.7. The van der Waals surface area contributed by atoms with E-state index in [-0.39, 0.29) is 5.91 Å². The van der Waals surface area contributed by atoms with E-state index in [1.165, 1.54) is 0 Å². The van der Waals surface area contributed by atoms with Crippen LogP contribution in [0.5, 0.6) is 0 Å².